The Morgan fingerprint density at radius 2 is 1.83 bits per heavy atom. The minimum Gasteiger partial charge on any atom is -0.326 e. The van der Waals surface area contributed by atoms with Gasteiger partial charge in [0.25, 0.3) is 11.8 Å². The molecule has 0 radical (unpaired) electrons. The molecule has 4 rings (SSSR count). The number of hydrogen-bond donors (Lipinski definition) is 1. The topological polar surface area (TPSA) is 66.5 Å². The Balaban J connectivity index is 1.37. The van der Waals surface area contributed by atoms with Crippen molar-refractivity contribution in [3.05, 3.63) is 86.0 Å². The van der Waals surface area contributed by atoms with Crippen LogP contribution in [0, 0.1) is 11.8 Å². The molecule has 1 aliphatic rings. The maximum atomic E-state index is 12.5. The van der Waals surface area contributed by atoms with Crippen LogP contribution in [0.4, 0.5) is 5.69 Å². The van der Waals surface area contributed by atoms with Gasteiger partial charge in [0.2, 0.25) is 5.91 Å². The van der Waals surface area contributed by atoms with Crippen molar-refractivity contribution in [3.63, 3.8) is 0 Å². The molecule has 0 saturated heterocycles. The molecule has 3 amide bonds. The minimum atomic E-state index is -0.380. The molecule has 0 saturated carbocycles. The number of nitrogens with zero attached hydrogens (tertiary/aromatic N) is 1. The summed E-state index contributed by atoms with van der Waals surface area (Å²) in [5.41, 5.74) is 2.11. The molecule has 148 valence electrons. The van der Waals surface area contributed by atoms with E-state index in [0.29, 0.717) is 16.8 Å². The predicted octanol–water partition coefficient (Wildman–Crippen LogP) is 4.54. The molecule has 1 N–H and O–H groups in total. The Bertz CT molecular complexity index is 1210. The maximum Gasteiger partial charge on any atom is 0.261 e. The van der Waals surface area contributed by atoms with Gasteiger partial charge in [0.05, 0.1) is 16.0 Å². The van der Waals surface area contributed by atoms with Crippen molar-refractivity contribution in [2.24, 2.45) is 0 Å². The van der Waals surface area contributed by atoms with Crippen molar-refractivity contribution in [1.29, 1.82) is 0 Å². The summed E-state index contributed by atoms with van der Waals surface area (Å²) in [5, 5.41) is 4.76. The Labute approximate surface area is 185 Å². The highest BCUT2D eigenvalue weighted by Gasteiger charge is 2.35. The van der Waals surface area contributed by atoms with Gasteiger partial charge in [0, 0.05) is 28.7 Å². The van der Waals surface area contributed by atoms with Crippen LogP contribution in [0.3, 0.4) is 0 Å². The standard InChI is InChI=1S/C23H15BrN2O3S/c24-16-7-9-19-20(14-16)23(29)26(22(19)28)11-10-21(27)25-17-4-1-3-15(13-17)6-8-18-5-2-12-30-18/h1-5,7,9,12-14H,10-11H2,(H,25,27). The van der Waals surface area contributed by atoms with E-state index in [9.17, 15) is 14.4 Å². The molecular formula is C23H15BrN2O3S. The Hall–Kier alpha value is -3.21. The normalized spacial score (nSPS) is 12.4. The van der Waals surface area contributed by atoms with E-state index in [0.717, 1.165) is 19.8 Å². The zero-order valence-corrected chi connectivity index (χ0v) is 18.0. The molecule has 0 aliphatic carbocycles. The molecule has 2 aromatic carbocycles. The highest BCUT2D eigenvalue weighted by molar-refractivity contribution is 9.10. The summed E-state index contributed by atoms with van der Waals surface area (Å²) in [7, 11) is 0. The van der Waals surface area contributed by atoms with Crippen LogP contribution in [0.2, 0.25) is 0 Å². The third-order valence-electron chi connectivity index (χ3n) is 4.49. The van der Waals surface area contributed by atoms with Gasteiger partial charge < -0.3 is 5.32 Å². The molecule has 5 nitrogen and oxygen atoms in total. The summed E-state index contributed by atoms with van der Waals surface area (Å²) in [4.78, 5) is 39.4. The van der Waals surface area contributed by atoms with Gasteiger partial charge in [0.1, 0.15) is 0 Å². The average Bonchev–Trinajstić information content (AvgIpc) is 3.33. The minimum absolute atomic E-state index is 0.0116. The Kier molecular flexibility index (Phi) is 5.79. The second-order valence-corrected chi connectivity index (χ2v) is 8.42. The fraction of sp³-hybridized carbons (Fsp3) is 0.0870. The number of thiophene rings is 1. The fourth-order valence-electron chi connectivity index (χ4n) is 3.06. The number of anilines is 1. The van der Waals surface area contributed by atoms with Gasteiger partial charge in [-0.05, 0) is 47.8 Å². The smallest absolute Gasteiger partial charge is 0.261 e. The van der Waals surface area contributed by atoms with E-state index >= 15 is 0 Å². The highest BCUT2D eigenvalue weighted by Crippen LogP contribution is 2.26. The first-order valence-corrected chi connectivity index (χ1v) is 10.8. The maximum absolute atomic E-state index is 12.5. The summed E-state index contributed by atoms with van der Waals surface area (Å²) in [6.07, 6.45) is 0.0116. The zero-order chi connectivity index (χ0) is 21.1. The first kappa shape index (κ1) is 20.1. The number of rotatable bonds is 4. The molecule has 0 fully saturated rings. The molecule has 0 unspecified atom stereocenters. The lowest BCUT2D eigenvalue weighted by atomic mass is 10.1. The molecule has 2 heterocycles. The number of imide groups is 1. The van der Waals surface area contributed by atoms with Crippen molar-refractivity contribution in [2.45, 2.75) is 6.42 Å². The van der Waals surface area contributed by atoms with Gasteiger partial charge in [-0.3, -0.25) is 19.3 Å². The SMILES string of the molecule is O=C(CCN1C(=O)c2ccc(Br)cc2C1=O)Nc1cccc(C#Cc2cccs2)c1. The van der Waals surface area contributed by atoms with Crippen LogP contribution in [0.5, 0.6) is 0 Å². The predicted molar refractivity (Wildman–Crippen MR) is 119 cm³/mol. The van der Waals surface area contributed by atoms with Crippen LogP contribution in [0.15, 0.2) is 64.5 Å². The molecular weight excluding hydrogens is 464 g/mol. The molecule has 0 spiro atoms. The lowest BCUT2D eigenvalue weighted by molar-refractivity contribution is -0.116. The molecule has 0 bridgehead atoms. The third kappa shape index (κ3) is 4.35. The molecule has 3 aromatic rings. The first-order valence-electron chi connectivity index (χ1n) is 9.12. The van der Waals surface area contributed by atoms with Crippen LogP contribution < -0.4 is 5.32 Å². The van der Waals surface area contributed by atoms with Crippen LogP contribution in [0.1, 0.15) is 37.6 Å². The van der Waals surface area contributed by atoms with Crippen LogP contribution >= 0.6 is 27.3 Å². The van der Waals surface area contributed by atoms with E-state index in [2.05, 4.69) is 33.1 Å². The van der Waals surface area contributed by atoms with E-state index in [1.165, 1.54) is 0 Å². The van der Waals surface area contributed by atoms with E-state index < -0.39 is 0 Å². The number of carbonyl (C=O) groups excluding carboxylic acids is 3. The fourth-order valence-corrected chi connectivity index (χ4v) is 3.99. The average molecular weight is 479 g/mol. The van der Waals surface area contributed by atoms with Gasteiger partial charge in [0.15, 0.2) is 0 Å². The summed E-state index contributed by atoms with van der Waals surface area (Å²) < 4.78 is 0.726. The quantitative estimate of drug-likeness (QED) is 0.442. The van der Waals surface area contributed by atoms with Gasteiger partial charge in [-0.15, -0.1) is 11.3 Å². The molecule has 1 aromatic heterocycles. The van der Waals surface area contributed by atoms with Gasteiger partial charge >= 0.3 is 0 Å². The second-order valence-electron chi connectivity index (χ2n) is 6.56. The number of halogens is 1. The van der Waals surface area contributed by atoms with Gasteiger partial charge in [-0.25, -0.2) is 0 Å². The summed E-state index contributed by atoms with van der Waals surface area (Å²) >= 11 is 4.87. The Morgan fingerprint density at radius 1 is 1.00 bits per heavy atom. The summed E-state index contributed by atoms with van der Waals surface area (Å²) in [6.45, 7) is 0.0215. The van der Waals surface area contributed by atoms with Crippen LogP contribution in [-0.4, -0.2) is 29.2 Å². The van der Waals surface area contributed by atoms with Crippen molar-refractivity contribution in [1.82, 2.24) is 4.90 Å². The lowest BCUT2D eigenvalue weighted by Crippen LogP contribution is -2.32. The van der Waals surface area contributed by atoms with E-state index in [-0.39, 0.29) is 30.7 Å². The molecule has 1 aliphatic heterocycles. The van der Waals surface area contributed by atoms with Crippen molar-refractivity contribution >= 4 is 50.7 Å². The van der Waals surface area contributed by atoms with Crippen molar-refractivity contribution < 1.29 is 14.4 Å². The Morgan fingerprint density at radius 3 is 2.63 bits per heavy atom. The third-order valence-corrected chi connectivity index (χ3v) is 5.77. The van der Waals surface area contributed by atoms with E-state index in [1.54, 1.807) is 41.7 Å². The monoisotopic (exact) mass is 478 g/mol. The summed E-state index contributed by atoms with van der Waals surface area (Å²) in [5.74, 6) is 5.11. The second kappa shape index (κ2) is 8.66. The summed E-state index contributed by atoms with van der Waals surface area (Å²) in [6, 6.07) is 16.1. The van der Waals surface area contributed by atoms with Crippen molar-refractivity contribution in [3.8, 4) is 11.8 Å². The van der Waals surface area contributed by atoms with Gasteiger partial charge in [-0.2, -0.15) is 0 Å². The number of carbonyl (C=O) groups is 3. The number of nitrogens with one attached hydrogen (secondary N) is 1. The van der Waals surface area contributed by atoms with Crippen molar-refractivity contribution in [2.75, 3.05) is 11.9 Å². The van der Waals surface area contributed by atoms with Crippen LogP contribution in [0.25, 0.3) is 0 Å². The number of hydrogen-bond acceptors (Lipinski definition) is 4. The number of amides is 3. The highest BCUT2D eigenvalue weighted by atomic mass is 79.9. The zero-order valence-electron chi connectivity index (χ0n) is 15.6. The largest absolute Gasteiger partial charge is 0.326 e. The molecule has 0 atom stereocenters. The van der Waals surface area contributed by atoms with E-state index in [4.69, 9.17) is 0 Å². The molecule has 7 heteroatoms. The van der Waals surface area contributed by atoms with Gasteiger partial charge in [-0.1, -0.05) is 39.9 Å². The first-order chi connectivity index (χ1) is 14.5. The molecule has 30 heavy (non-hydrogen) atoms. The number of benzene rings is 2. The lowest BCUT2D eigenvalue weighted by Gasteiger charge is -2.13. The number of fused-ring (bicyclic) bond motifs is 1. The van der Waals surface area contributed by atoms with E-state index in [1.807, 2.05) is 29.6 Å². The van der Waals surface area contributed by atoms with Crippen LogP contribution in [-0.2, 0) is 4.79 Å².